The third-order valence-corrected chi connectivity index (χ3v) is 9.00. The fourth-order valence-electron chi connectivity index (χ4n) is 2.94. The molecule has 158 valence electrons. The van der Waals surface area contributed by atoms with Crippen LogP contribution in [0.25, 0.3) is 0 Å². The predicted octanol–water partition coefficient (Wildman–Crippen LogP) is 0.140. The van der Waals surface area contributed by atoms with Crippen LogP contribution in [0.5, 0.6) is 0 Å². The lowest BCUT2D eigenvalue weighted by molar-refractivity contribution is -0.136. The molecule has 6 N–H and O–H groups in total. The molecular formula is C16H18O12Si. The molecule has 0 unspecified atom stereocenters. The zero-order valence-electron chi connectivity index (χ0n) is 15.6. The van der Waals surface area contributed by atoms with Gasteiger partial charge in [-0.25, -0.2) is 28.8 Å². The van der Waals surface area contributed by atoms with Crippen LogP contribution >= 0.6 is 0 Å². The van der Waals surface area contributed by atoms with E-state index in [9.17, 15) is 59.4 Å². The van der Waals surface area contributed by atoms with Gasteiger partial charge in [0.15, 0.2) is 8.07 Å². The Hall–Kier alpha value is -3.74. The number of carboxylic acids is 6. The van der Waals surface area contributed by atoms with E-state index in [1.807, 2.05) is 0 Å². The molecule has 0 atom stereocenters. The van der Waals surface area contributed by atoms with Gasteiger partial charge >= 0.3 is 35.8 Å². The predicted molar refractivity (Wildman–Crippen MR) is 95.5 cm³/mol. The quantitative estimate of drug-likeness (QED) is 0.212. The molecule has 0 saturated carbocycles. The summed E-state index contributed by atoms with van der Waals surface area (Å²) in [5.41, 5.74) is -2.87. The molecule has 0 aliphatic carbocycles. The maximum absolute atomic E-state index is 11.9. The largest absolute Gasteiger partial charge is 0.478 e. The highest BCUT2D eigenvalue weighted by Crippen LogP contribution is 2.37. The van der Waals surface area contributed by atoms with Crippen molar-refractivity contribution >= 4 is 43.9 Å². The van der Waals surface area contributed by atoms with E-state index in [-0.39, 0.29) is 0 Å². The zero-order chi connectivity index (χ0) is 23.4. The number of rotatable bonds is 9. The second kappa shape index (κ2) is 8.96. The van der Waals surface area contributed by atoms with Crippen molar-refractivity contribution in [3.05, 3.63) is 32.3 Å². The summed E-state index contributed by atoms with van der Waals surface area (Å²) in [5, 5.41) is 53.0. The monoisotopic (exact) mass is 430 g/mol. The lowest BCUT2D eigenvalue weighted by atomic mass is 10.2. The highest BCUT2D eigenvalue weighted by molar-refractivity contribution is 7.06. The molecule has 13 heteroatoms. The summed E-state index contributed by atoms with van der Waals surface area (Å²) in [6.45, 7) is 3.07. The molecule has 0 aromatic rings. The number of hydrogen-bond donors (Lipinski definition) is 6. The molecule has 0 rings (SSSR count). The molecule has 0 radical (unpaired) electrons. The second-order valence-electron chi connectivity index (χ2n) is 5.96. The minimum atomic E-state index is -5.01. The van der Waals surface area contributed by atoms with Crippen LogP contribution in [-0.4, -0.2) is 74.5 Å². The number of carboxylic acid groups (broad SMARTS) is 6. The van der Waals surface area contributed by atoms with E-state index < -0.39 is 76.2 Å². The highest BCUT2D eigenvalue weighted by Gasteiger charge is 2.53. The maximum atomic E-state index is 11.9. The first-order valence-corrected chi connectivity index (χ1v) is 10.1. The number of aliphatic carboxylic acids is 6. The summed E-state index contributed by atoms with van der Waals surface area (Å²) in [4.78, 5) is 70.0. The molecular weight excluding hydrogens is 412 g/mol. The van der Waals surface area contributed by atoms with E-state index in [1.165, 1.54) is 0 Å². The van der Waals surface area contributed by atoms with Gasteiger partial charge in [0.2, 0.25) is 0 Å². The minimum Gasteiger partial charge on any atom is -0.478 e. The fourth-order valence-corrected chi connectivity index (χ4v) is 7.55. The lowest BCUT2D eigenvalue weighted by Crippen LogP contribution is -2.50. The second-order valence-corrected chi connectivity index (χ2v) is 9.71. The van der Waals surface area contributed by atoms with Crippen molar-refractivity contribution in [2.75, 3.05) is 0 Å². The highest BCUT2D eigenvalue weighted by atomic mass is 28.3. The molecule has 0 fully saturated rings. The number of hydrogen-bond acceptors (Lipinski definition) is 6. The first kappa shape index (κ1) is 25.3. The molecule has 12 nitrogen and oxygen atoms in total. The molecule has 0 heterocycles. The Bertz CT molecular complexity index is 801. The van der Waals surface area contributed by atoms with Crippen molar-refractivity contribution < 1.29 is 59.4 Å². The van der Waals surface area contributed by atoms with E-state index in [1.54, 1.807) is 0 Å². The Morgan fingerprint density at radius 3 is 0.724 bits per heavy atom. The SMILES string of the molecule is CC(C(=O)O)=C(C(=O)O)[Si](C)(C(C(=O)O)=C(C)C(=O)O)C(C(=O)O)=C(C)C(=O)O. The van der Waals surface area contributed by atoms with Gasteiger partial charge in [-0.2, -0.15) is 0 Å². The van der Waals surface area contributed by atoms with Gasteiger partial charge in [0.05, 0.1) is 0 Å². The Balaban J connectivity index is 8.22. The molecule has 0 aliphatic rings. The Labute approximate surface area is 163 Å². The van der Waals surface area contributed by atoms with E-state index in [0.29, 0.717) is 0 Å². The van der Waals surface area contributed by atoms with Crippen molar-refractivity contribution in [2.24, 2.45) is 0 Å². The summed E-state index contributed by atoms with van der Waals surface area (Å²) in [7, 11) is -5.01. The first-order chi connectivity index (χ1) is 13.0. The van der Waals surface area contributed by atoms with Crippen LogP contribution in [0, 0.1) is 0 Å². The van der Waals surface area contributed by atoms with Crippen LogP contribution in [0.3, 0.4) is 0 Å². The lowest BCUT2D eigenvalue weighted by Gasteiger charge is -2.32. The summed E-state index contributed by atoms with van der Waals surface area (Å²) >= 11 is 0. The molecule has 0 amide bonds. The smallest absolute Gasteiger partial charge is 0.331 e. The average molecular weight is 430 g/mol. The molecule has 0 aromatic heterocycles. The molecule has 0 aliphatic heterocycles. The van der Waals surface area contributed by atoms with Crippen molar-refractivity contribution in [1.82, 2.24) is 0 Å². The van der Waals surface area contributed by atoms with E-state index >= 15 is 0 Å². The topological polar surface area (TPSA) is 224 Å². The van der Waals surface area contributed by atoms with E-state index in [2.05, 4.69) is 0 Å². The van der Waals surface area contributed by atoms with Crippen molar-refractivity contribution in [1.29, 1.82) is 0 Å². The Morgan fingerprint density at radius 2 is 0.621 bits per heavy atom. The van der Waals surface area contributed by atoms with Crippen LogP contribution < -0.4 is 0 Å². The van der Waals surface area contributed by atoms with Gasteiger partial charge in [-0.3, -0.25) is 0 Å². The van der Waals surface area contributed by atoms with Gasteiger partial charge in [0.1, 0.15) is 0 Å². The normalized spacial score (nSPS) is 15.7. The van der Waals surface area contributed by atoms with E-state index in [0.717, 1.165) is 27.3 Å². The summed E-state index contributed by atoms with van der Waals surface area (Å²) in [6.07, 6.45) is 0. The molecule has 29 heavy (non-hydrogen) atoms. The van der Waals surface area contributed by atoms with Crippen LogP contribution in [0.4, 0.5) is 0 Å². The third kappa shape index (κ3) is 4.76. The van der Waals surface area contributed by atoms with Crippen LogP contribution in [-0.2, 0) is 28.8 Å². The maximum Gasteiger partial charge on any atom is 0.331 e. The van der Waals surface area contributed by atoms with Crippen molar-refractivity contribution in [2.45, 2.75) is 27.3 Å². The number of carbonyl (C=O) groups is 6. The van der Waals surface area contributed by atoms with Gasteiger partial charge in [-0.05, 0) is 20.8 Å². The van der Waals surface area contributed by atoms with Crippen molar-refractivity contribution in [3.63, 3.8) is 0 Å². The molecule has 0 saturated heterocycles. The van der Waals surface area contributed by atoms with Crippen LogP contribution in [0.2, 0.25) is 6.55 Å². The van der Waals surface area contributed by atoms with Crippen LogP contribution in [0.1, 0.15) is 20.8 Å². The van der Waals surface area contributed by atoms with Crippen LogP contribution in [0.15, 0.2) is 32.3 Å². The fraction of sp³-hybridized carbons (Fsp3) is 0.250. The van der Waals surface area contributed by atoms with E-state index in [4.69, 9.17) is 0 Å². The summed E-state index contributed by atoms with van der Waals surface area (Å²) in [6, 6.07) is 0. The average Bonchev–Trinajstić information content (AvgIpc) is 2.53. The Morgan fingerprint density at radius 1 is 0.448 bits per heavy atom. The zero-order valence-corrected chi connectivity index (χ0v) is 16.6. The minimum absolute atomic E-state index is 0.766. The molecule has 0 spiro atoms. The third-order valence-electron chi connectivity index (χ3n) is 4.23. The first-order valence-electron chi connectivity index (χ1n) is 7.57. The summed E-state index contributed by atoms with van der Waals surface area (Å²) < 4.78 is 0. The van der Waals surface area contributed by atoms with Crippen molar-refractivity contribution in [3.8, 4) is 0 Å². The summed E-state index contributed by atoms with van der Waals surface area (Å²) in [5.74, 6) is -11.6. The Kier molecular flexibility index (Phi) is 7.81. The van der Waals surface area contributed by atoms with Gasteiger partial charge in [-0.15, -0.1) is 0 Å². The standard InChI is InChI=1S/C16H18O12Si/c1-5(11(17)18)8(14(23)24)29(4,9(15(25)26)6(2)12(19)20)10(16(27)28)7(3)13(21)22/h1-4H3,(H,17,18)(H,19,20)(H,21,22)(H,23,24)(H,25,26)(H,27,28). The van der Waals surface area contributed by atoms with Gasteiger partial charge in [-0.1, -0.05) is 6.55 Å². The molecule has 0 bridgehead atoms. The van der Waals surface area contributed by atoms with Gasteiger partial charge in [0, 0.05) is 32.3 Å². The molecule has 0 aromatic carbocycles. The van der Waals surface area contributed by atoms with Gasteiger partial charge < -0.3 is 30.6 Å². The van der Waals surface area contributed by atoms with Gasteiger partial charge in [0.25, 0.3) is 0 Å².